The lowest BCUT2D eigenvalue weighted by Gasteiger charge is -2.05. The molecule has 0 amide bonds. The van der Waals surface area contributed by atoms with Crippen molar-refractivity contribution in [3.8, 4) is 5.75 Å². The zero-order valence-corrected chi connectivity index (χ0v) is 15.1. The summed E-state index contributed by atoms with van der Waals surface area (Å²) in [5.41, 5.74) is 0.651. The summed E-state index contributed by atoms with van der Waals surface area (Å²) in [6.45, 7) is 2.25. The lowest BCUT2D eigenvalue weighted by molar-refractivity contribution is 0.413. The Labute approximate surface area is 145 Å². The molecule has 2 aromatic rings. The number of unbranched alkanes of at least 4 members (excludes halogenated alkanes) is 8. The van der Waals surface area contributed by atoms with Gasteiger partial charge in [-0.15, -0.1) is 0 Å². The van der Waals surface area contributed by atoms with E-state index in [0.717, 1.165) is 18.6 Å². The first-order chi connectivity index (χ1) is 11.7. The highest BCUT2D eigenvalue weighted by molar-refractivity contribution is 5.77. The van der Waals surface area contributed by atoms with Crippen LogP contribution in [-0.4, -0.2) is 7.11 Å². The van der Waals surface area contributed by atoms with E-state index in [2.05, 4.69) is 6.92 Å². The second-order valence-corrected chi connectivity index (χ2v) is 6.52. The molecule has 3 heteroatoms. The molecule has 0 aliphatic carbocycles. The zero-order chi connectivity index (χ0) is 17.2. The summed E-state index contributed by atoms with van der Waals surface area (Å²) in [4.78, 5) is 12.2. The summed E-state index contributed by atoms with van der Waals surface area (Å²) < 4.78 is 11.1. The fourth-order valence-electron chi connectivity index (χ4n) is 3.05. The Morgan fingerprint density at radius 3 is 2.25 bits per heavy atom. The van der Waals surface area contributed by atoms with Crippen LogP contribution < -0.4 is 10.2 Å². The number of benzene rings is 1. The van der Waals surface area contributed by atoms with Crippen LogP contribution in [0.15, 0.2) is 33.5 Å². The van der Waals surface area contributed by atoms with Crippen molar-refractivity contribution in [3.63, 3.8) is 0 Å². The SMILES string of the molecule is CCCCCCCCCCCc1cc(=O)c2ccc(OC)cc2o1. The Morgan fingerprint density at radius 2 is 1.58 bits per heavy atom. The first kappa shape index (κ1) is 18.6. The molecule has 0 saturated carbocycles. The first-order valence-corrected chi connectivity index (χ1v) is 9.35. The molecule has 0 bridgehead atoms. The molecule has 2 rings (SSSR count). The molecule has 0 saturated heterocycles. The Morgan fingerprint density at radius 1 is 0.917 bits per heavy atom. The van der Waals surface area contributed by atoms with E-state index in [1.165, 1.54) is 51.4 Å². The second-order valence-electron chi connectivity index (χ2n) is 6.52. The maximum Gasteiger partial charge on any atom is 0.192 e. The summed E-state index contributed by atoms with van der Waals surface area (Å²) in [5, 5.41) is 0.617. The number of hydrogen-bond acceptors (Lipinski definition) is 3. The third-order valence-corrected chi connectivity index (χ3v) is 4.51. The van der Waals surface area contributed by atoms with E-state index in [-0.39, 0.29) is 5.43 Å². The molecule has 0 radical (unpaired) electrons. The number of hydrogen-bond donors (Lipinski definition) is 0. The van der Waals surface area contributed by atoms with Gasteiger partial charge in [0.2, 0.25) is 0 Å². The first-order valence-electron chi connectivity index (χ1n) is 9.35. The molecule has 1 aromatic heterocycles. The van der Waals surface area contributed by atoms with Crippen molar-refractivity contribution in [2.75, 3.05) is 7.11 Å². The highest BCUT2D eigenvalue weighted by Gasteiger charge is 2.06. The van der Waals surface area contributed by atoms with Crippen LogP contribution in [0.3, 0.4) is 0 Å². The Hall–Kier alpha value is -1.77. The van der Waals surface area contributed by atoms with E-state index < -0.39 is 0 Å². The molecule has 0 spiro atoms. The van der Waals surface area contributed by atoms with Crippen LogP contribution in [0.4, 0.5) is 0 Å². The third kappa shape index (κ3) is 5.70. The van der Waals surface area contributed by atoms with Gasteiger partial charge in [-0.2, -0.15) is 0 Å². The van der Waals surface area contributed by atoms with Crippen molar-refractivity contribution in [2.24, 2.45) is 0 Å². The van der Waals surface area contributed by atoms with Gasteiger partial charge in [0.15, 0.2) is 5.43 Å². The van der Waals surface area contributed by atoms with Crippen LogP contribution >= 0.6 is 0 Å². The Kier molecular flexibility index (Phi) is 7.87. The molecule has 0 aliphatic rings. The van der Waals surface area contributed by atoms with Gasteiger partial charge >= 0.3 is 0 Å². The van der Waals surface area contributed by atoms with Crippen molar-refractivity contribution in [1.82, 2.24) is 0 Å². The average molecular weight is 330 g/mol. The van der Waals surface area contributed by atoms with E-state index in [1.54, 1.807) is 31.4 Å². The maximum atomic E-state index is 12.2. The fourth-order valence-corrected chi connectivity index (χ4v) is 3.05. The van der Waals surface area contributed by atoms with Crippen molar-refractivity contribution >= 4 is 11.0 Å². The van der Waals surface area contributed by atoms with E-state index in [4.69, 9.17) is 9.15 Å². The highest BCUT2D eigenvalue weighted by atomic mass is 16.5. The summed E-state index contributed by atoms with van der Waals surface area (Å²) in [6.07, 6.45) is 12.5. The minimum absolute atomic E-state index is 0.0322. The van der Waals surface area contributed by atoms with E-state index in [9.17, 15) is 4.79 Å². The normalized spacial score (nSPS) is 11.1. The van der Waals surface area contributed by atoms with Crippen LogP contribution in [0.5, 0.6) is 5.75 Å². The van der Waals surface area contributed by atoms with Gasteiger partial charge in [0.05, 0.1) is 12.5 Å². The van der Waals surface area contributed by atoms with Crippen LogP contribution in [0.1, 0.15) is 70.5 Å². The molecule has 132 valence electrons. The van der Waals surface area contributed by atoms with Crippen molar-refractivity contribution in [2.45, 2.75) is 71.1 Å². The third-order valence-electron chi connectivity index (χ3n) is 4.51. The summed E-state index contributed by atoms with van der Waals surface area (Å²) in [5.74, 6) is 1.49. The molecule has 0 fully saturated rings. The fraction of sp³-hybridized carbons (Fsp3) is 0.571. The van der Waals surface area contributed by atoms with Gasteiger partial charge in [-0.1, -0.05) is 58.3 Å². The summed E-state index contributed by atoms with van der Waals surface area (Å²) in [7, 11) is 1.62. The van der Waals surface area contributed by atoms with E-state index in [0.29, 0.717) is 16.7 Å². The molecule has 0 atom stereocenters. The van der Waals surface area contributed by atoms with Crippen LogP contribution in [-0.2, 0) is 6.42 Å². The molecule has 0 aliphatic heterocycles. The topological polar surface area (TPSA) is 39.4 Å². The van der Waals surface area contributed by atoms with Crippen molar-refractivity contribution < 1.29 is 9.15 Å². The zero-order valence-electron chi connectivity index (χ0n) is 15.1. The second kappa shape index (κ2) is 10.2. The summed E-state index contributed by atoms with van der Waals surface area (Å²) >= 11 is 0. The lowest BCUT2D eigenvalue weighted by atomic mass is 10.1. The van der Waals surface area contributed by atoms with Gasteiger partial charge in [-0.25, -0.2) is 0 Å². The van der Waals surface area contributed by atoms with Crippen molar-refractivity contribution in [1.29, 1.82) is 0 Å². The van der Waals surface area contributed by atoms with Gasteiger partial charge in [0, 0.05) is 18.6 Å². The highest BCUT2D eigenvalue weighted by Crippen LogP contribution is 2.20. The lowest BCUT2D eigenvalue weighted by Crippen LogP contribution is -2.02. The molecule has 0 unspecified atom stereocenters. The number of aryl methyl sites for hydroxylation is 1. The summed E-state index contributed by atoms with van der Waals surface area (Å²) in [6, 6.07) is 6.98. The minimum Gasteiger partial charge on any atom is -0.497 e. The molecule has 1 aromatic carbocycles. The molecule has 24 heavy (non-hydrogen) atoms. The van der Waals surface area contributed by atoms with Gasteiger partial charge < -0.3 is 9.15 Å². The minimum atomic E-state index is 0.0322. The van der Waals surface area contributed by atoms with Crippen molar-refractivity contribution in [3.05, 3.63) is 40.2 Å². The molecule has 1 heterocycles. The van der Waals surface area contributed by atoms with E-state index >= 15 is 0 Å². The average Bonchev–Trinajstić information content (AvgIpc) is 2.59. The maximum absolute atomic E-state index is 12.2. The Balaban J connectivity index is 1.77. The van der Waals surface area contributed by atoms with Crippen LogP contribution in [0.2, 0.25) is 0 Å². The number of methoxy groups -OCH3 is 1. The largest absolute Gasteiger partial charge is 0.497 e. The van der Waals surface area contributed by atoms with Crippen LogP contribution in [0.25, 0.3) is 11.0 Å². The monoisotopic (exact) mass is 330 g/mol. The van der Waals surface area contributed by atoms with E-state index in [1.807, 2.05) is 0 Å². The van der Waals surface area contributed by atoms with Gasteiger partial charge in [-0.3, -0.25) is 4.79 Å². The molecular formula is C21H30O3. The predicted molar refractivity (Wildman–Crippen MR) is 100.0 cm³/mol. The molecule has 0 N–H and O–H groups in total. The molecular weight excluding hydrogens is 300 g/mol. The Bertz CT molecular complexity index is 672. The van der Waals surface area contributed by atoms with Gasteiger partial charge in [-0.05, 0) is 18.6 Å². The smallest absolute Gasteiger partial charge is 0.192 e. The molecule has 3 nitrogen and oxygen atoms in total. The number of fused-ring (bicyclic) bond motifs is 1. The quantitative estimate of drug-likeness (QED) is 0.483. The van der Waals surface area contributed by atoms with Gasteiger partial charge in [0.25, 0.3) is 0 Å². The standard InChI is InChI=1S/C21H30O3/c1-3-4-5-6-7-8-9-10-11-12-18-15-20(22)19-14-13-17(23-2)16-21(19)24-18/h13-16H,3-12H2,1-2H3. The van der Waals surface area contributed by atoms with Gasteiger partial charge in [0.1, 0.15) is 17.1 Å². The number of ether oxygens (including phenoxy) is 1. The number of rotatable bonds is 11. The predicted octanol–water partition coefficient (Wildman–Crippen LogP) is 5.87. The van der Waals surface area contributed by atoms with Crippen LogP contribution in [0, 0.1) is 0 Å².